The van der Waals surface area contributed by atoms with Crippen molar-refractivity contribution in [3.63, 3.8) is 0 Å². The third-order valence-electron chi connectivity index (χ3n) is 20.1. The molecule has 0 aliphatic carbocycles. The molecule has 6 saturated heterocycles. The van der Waals surface area contributed by atoms with Crippen LogP contribution < -0.4 is 21.3 Å². The van der Waals surface area contributed by atoms with Crippen LogP contribution in [0.4, 0.5) is 4.79 Å². The minimum Gasteiger partial charge on any atom is -0.465 e. The van der Waals surface area contributed by atoms with Crippen LogP contribution in [-0.2, 0) is 211 Å². The number of nitrogens with zero attached hydrogens (tertiary/aromatic N) is 9. The summed E-state index contributed by atoms with van der Waals surface area (Å²) in [7, 11) is 0. The number of carboxylic acid groups (broad SMARTS) is 1. The first-order chi connectivity index (χ1) is 63.1. The number of aliphatic hydroxyl groups is 1. The molecule has 52 nitrogen and oxygen atoms in total. The molecule has 0 spiro atoms. The molecule has 738 valence electrons. The van der Waals surface area contributed by atoms with E-state index in [0.717, 1.165) is 13.8 Å². The minimum atomic E-state index is -1.43. The van der Waals surface area contributed by atoms with Crippen molar-refractivity contribution in [2.75, 3.05) is 205 Å². The van der Waals surface area contributed by atoms with E-state index in [1.54, 1.807) is 32.6 Å². The first-order valence-electron chi connectivity index (χ1n) is 42.8. The van der Waals surface area contributed by atoms with Crippen LogP contribution in [0.15, 0.2) is 18.6 Å². The Hall–Kier alpha value is -8.96. The molecule has 6 N–H and O–H groups in total. The van der Waals surface area contributed by atoms with E-state index in [0.29, 0.717) is 36.7 Å². The van der Waals surface area contributed by atoms with Crippen molar-refractivity contribution >= 4 is 59.6 Å². The van der Waals surface area contributed by atoms with Crippen molar-refractivity contribution in [2.45, 2.75) is 204 Å². The summed E-state index contributed by atoms with van der Waals surface area (Å²) in [5.41, 5.74) is -4.03. The standard InChI is InChI=1S/C79H123N13O39/c1-51(94)80-63-66(123-53(3)96)69(126-56(6)99)77(48-120-72(63)129-77)45-114-33-30-111-27-24-108-21-18-105-15-11-90-36-59(84-87-90)39-117-42-76(83-62(102)10-9-14-93,43-118-40-60-37-91(88-85-60)12-16-106-19-22-109-25-28-112-31-34-115-46-78-49-121-73(130-78)64(81-52(2)95)67(124-54(4)97)70(78)127-57(7)100)44-119-41-61-38-92(89-86-61)13-17-107-20-23-110-26-29-113-32-35-116-47-79-50-122-74(131-79)65(82-75(103)104)68(125-55(5)98)71(79)128-58(8)101/h36-38,63-74,82,93H,9-35,39-50H2,1-8H3,(H,80,94)(H,81,95)(H,83,102)(H,103,104)/t63-,64-,65-,66-,67-,68-,69-,70-,71-,72+,73+,74+,77+,78+,79+/m1/s1. The highest BCUT2D eigenvalue weighted by atomic mass is 16.8. The van der Waals surface area contributed by atoms with Crippen molar-refractivity contribution in [3.8, 4) is 0 Å². The molecule has 3 aromatic rings. The van der Waals surface area contributed by atoms with E-state index >= 15 is 0 Å². The molecular weight excluding hydrogens is 1750 g/mol. The molecule has 6 bridgehead atoms. The number of hydrogen-bond donors (Lipinski definition) is 6. The fraction of sp³-hybridized carbons (Fsp3) is 0.797. The number of esters is 6. The Balaban J connectivity index is 0.677. The normalized spacial score (nSPS) is 25.1. The van der Waals surface area contributed by atoms with Crippen LogP contribution in [0.2, 0.25) is 0 Å². The Kier molecular flexibility index (Phi) is 44.4. The molecule has 3 aromatic heterocycles. The van der Waals surface area contributed by atoms with Gasteiger partial charge >= 0.3 is 41.9 Å². The predicted molar refractivity (Wildman–Crippen MR) is 430 cm³/mol. The second-order valence-electron chi connectivity index (χ2n) is 31.0. The van der Waals surface area contributed by atoms with Gasteiger partial charge in [0.25, 0.3) is 0 Å². The zero-order valence-corrected chi connectivity index (χ0v) is 74.8. The average Bonchev–Trinajstić information content (AvgIpc) is 1.62. The number of nitrogens with one attached hydrogen (secondary N) is 4. The molecule has 4 amide bonds. The van der Waals surface area contributed by atoms with E-state index < -0.39 is 156 Å². The Morgan fingerprint density at radius 1 is 0.382 bits per heavy atom. The summed E-state index contributed by atoms with van der Waals surface area (Å²) in [5, 5.41) is 55.2. The lowest BCUT2D eigenvalue weighted by Gasteiger charge is -2.45. The topological polar surface area (TPSA) is 601 Å². The number of carbonyl (C=O) groups is 10. The Morgan fingerprint density at radius 2 is 0.649 bits per heavy atom. The van der Waals surface area contributed by atoms with E-state index in [-0.39, 0.29) is 237 Å². The van der Waals surface area contributed by atoms with Gasteiger partial charge in [0.15, 0.2) is 72.3 Å². The van der Waals surface area contributed by atoms with Crippen LogP contribution in [0.3, 0.4) is 0 Å². The zero-order valence-electron chi connectivity index (χ0n) is 74.8. The fourth-order valence-electron chi connectivity index (χ4n) is 14.7. The first kappa shape index (κ1) is 106. The van der Waals surface area contributed by atoms with Gasteiger partial charge in [0.2, 0.25) is 17.7 Å². The minimum absolute atomic E-state index is 0.0319. The maximum Gasteiger partial charge on any atom is 0.405 e. The van der Waals surface area contributed by atoms with Crippen molar-refractivity contribution < 1.29 is 186 Å². The number of ether oxygens (including phenoxy) is 27. The van der Waals surface area contributed by atoms with Crippen LogP contribution >= 0.6 is 0 Å². The first-order valence-corrected chi connectivity index (χ1v) is 42.8. The molecule has 0 saturated carbocycles. The molecule has 6 fully saturated rings. The van der Waals surface area contributed by atoms with Crippen molar-refractivity contribution in [2.24, 2.45) is 0 Å². The van der Waals surface area contributed by atoms with Gasteiger partial charge in [0, 0.05) is 68.4 Å². The molecule has 0 radical (unpaired) electrons. The molecular formula is C79H123N13O39. The maximum absolute atomic E-state index is 13.7. The summed E-state index contributed by atoms with van der Waals surface area (Å²) in [5.74, 6) is -5.37. The van der Waals surface area contributed by atoms with Crippen LogP contribution in [-0.4, -0.2) is 416 Å². The third kappa shape index (κ3) is 34.8. The highest BCUT2D eigenvalue weighted by molar-refractivity contribution is 5.77. The van der Waals surface area contributed by atoms with Crippen LogP contribution in [0, 0.1) is 0 Å². The number of hydrogen-bond acceptors (Lipinski definition) is 44. The summed E-state index contributed by atoms with van der Waals surface area (Å²) in [6.45, 7) is 13.8. The number of amides is 4. The van der Waals surface area contributed by atoms with E-state index in [4.69, 9.17) is 128 Å². The predicted octanol–water partition coefficient (Wildman–Crippen LogP) is -4.15. The summed E-state index contributed by atoms with van der Waals surface area (Å²) in [4.78, 5) is 122. The summed E-state index contributed by atoms with van der Waals surface area (Å²) >= 11 is 0. The lowest BCUT2D eigenvalue weighted by molar-refractivity contribution is -0.251. The van der Waals surface area contributed by atoms with Gasteiger partial charge in [-0.15, -0.1) is 15.3 Å². The van der Waals surface area contributed by atoms with Gasteiger partial charge in [-0.3, -0.25) is 43.2 Å². The van der Waals surface area contributed by atoms with Crippen LogP contribution in [0.25, 0.3) is 0 Å². The second-order valence-corrected chi connectivity index (χ2v) is 31.0. The van der Waals surface area contributed by atoms with Gasteiger partial charge < -0.3 is 159 Å². The Labute approximate surface area is 753 Å². The van der Waals surface area contributed by atoms with Crippen molar-refractivity contribution in [1.29, 1.82) is 0 Å². The molecule has 131 heavy (non-hydrogen) atoms. The van der Waals surface area contributed by atoms with E-state index in [1.165, 1.54) is 41.5 Å². The van der Waals surface area contributed by atoms with Gasteiger partial charge in [-0.05, 0) is 6.42 Å². The van der Waals surface area contributed by atoms with Crippen molar-refractivity contribution in [3.05, 3.63) is 35.7 Å². The van der Waals surface area contributed by atoms with Crippen LogP contribution in [0.1, 0.15) is 85.3 Å². The molecule has 15 atom stereocenters. The smallest absolute Gasteiger partial charge is 0.405 e. The van der Waals surface area contributed by atoms with Gasteiger partial charge in [0.1, 0.15) is 40.7 Å². The number of rotatable bonds is 67. The van der Waals surface area contributed by atoms with Gasteiger partial charge in [-0.1, -0.05) is 15.6 Å². The van der Waals surface area contributed by atoms with Crippen molar-refractivity contribution in [1.82, 2.24) is 66.2 Å². The molecule has 0 aromatic carbocycles. The monoisotopic (exact) mass is 1880 g/mol. The summed E-state index contributed by atoms with van der Waals surface area (Å²) in [6, 6.07) is -3.08. The molecule has 0 unspecified atom stereocenters. The lowest BCUT2D eigenvalue weighted by Crippen LogP contribution is -2.68. The highest BCUT2D eigenvalue weighted by Crippen LogP contribution is 2.44. The molecule has 6 aliphatic rings. The molecule has 52 heteroatoms. The fourth-order valence-corrected chi connectivity index (χ4v) is 14.7. The number of aromatic nitrogens is 9. The second kappa shape index (κ2) is 55.0. The number of fused-ring (bicyclic) bond motifs is 6. The summed E-state index contributed by atoms with van der Waals surface area (Å²) < 4.78 is 161. The molecule has 9 rings (SSSR count). The number of carbonyl (C=O) groups excluding carboxylic acids is 9. The highest BCUT2D eigenvalue weighted by Gasteiger charge is 2.66. The van der Waals surface area contributed by atoms with E-state index in [2.05, 4.69) is 52.2 Å². The quantitative estimate of drug-likeness (QED) is 0.0177. The van der Waals surface area contributed by atoms with Gasteiger partial charge in [-0.2, -0.15) is 0 Å². The van der Waals surface area contributed by atoms with Gasteiger partial charge in [-0.25, -0.2) is 18.8 Å². The third-order valence-corrected chi connectivity index (χ3v) is 20.1. The Morgan fingerprint density at radius 3 is 0.908 bits per heavy atom. The number of aliphatic hydroxyl groups excluding tert-OH is 1. The van der Waals surface area contributed by atoms with Gasteiger partial charge in [0.05, 0.1) is 256 Å². The Bertz CT molecular complexity index is 3640. The molecule has 9 heterocycles. The summed E-state index contributed by atoms with van der Waals surface area (Å²) in [6.07, 6.45) is -6.42. The average molecular weight is 1880 g/mol. The largest absolute Gasteiger partial charge is 0.465 e. The van der Waals surface area contributed by atoms with E-state index in [1.807, 2.05) is 0 Å². The zero-order chi connectivity index (χ0) is 94.0. The van der Waals surface area contributed by atoms with Crippen LogP contribution in [0.5, 0.6) is 0 Å². The SMILES string of the molecule is CC(=O)N[C@H]1[C@H]2OC[C@](COCCOCCOCCOCCn3cc(COCC(COCc4cn(CCOCCOCCOCCOC[C@@]56CO[C@@H](O5)[C@H](NC(C)=O)[C@@H](OC(C)=O)[C@H]6OC(C)=O)nn4)(COCc4cn(CCOCCOCCOCCOC[C@@]56CO[C@@H](O5)[C@H](NC(=O)O)[C@@H](OC(C)=O)[C@H]6OC(C)=O)nn4)NC(=O)CCCO)nn3)(O2)[C@H](OC(C)=O)[C@@H]1OC(C)=O. The maximum atomic E-state index is 13.7. The lowest BCUT2D eigenvalue weighted by atomic mass is 9.87. The van der Waals surface area contributed by atoms with E-state index in [9.17, 15) is 58.2 Å². The molecule has 6 aliphatic heterocycles.